The Hall–Kier alpha value is -1.92. The molecular weight excluding hydrogens is 394 g/mol. The van der Waals surface area contributed by atoms with Gasteiger partial charge in [-0.1, -0.05) is 19.3 Å². The van der Waals surface area contributed by atoms with Crippen LogP contribution in [0.3, 0.4) is 0 Å². The van der Waals surface area contributed by atoms with Crippen LogP contribution >= 0.6 is 0 Å². The molecule has 0 unspecified atom stereocenters. The Labute approximate surface area is 183 Å². The van der Waals surface area contributed by atoms with Crippen molar-refractivity contribution in [3.8, 4) is 0 Å². The lowest BCUT2D eigenvalue weighted by Crippen LogP contribution is -2.62. The minimum absolute atomic E-state index is 0.189. The fourth-order valence-corrected chi connectivity index (χ4v) is 8.46. The van der Waals surface area contributed by atoms with Gasteiger partial charge in [0.2, 0.25) is 5.91 Å². The molecule has 7 aliphatic rings. The molecule has 2 saturated heterocycles. The molecule has 0 spiro atoms. The maximum atomic E-state index is 13.3. The topological polar surface area (TPSA) is 78.0 Å². The van der Waals surface area contributed by atoms with Gasteiger partial charge in [0.25, 0.3) is 0 Å². The maximum absolute atomic E-state index is 13.3. The van der Waals surface area contributed by atoms with Gasteiger partial charge in [0.15, 0.2) is 0 Å². The highest BCUT2D eigenvalue weighted by atomic mass is 16.2. The Morgan fingerprint density at radius 3 is 2.10 bits per heavy atom. The summed E-state index contributed by atoms with van der Waals surface area (Å²) in [5.74, 6) is 1.25. The summed E-state index contributed by atoms with van der Waals surface area (Å²) >= 11 is 0. The van der Waals surface area contributed by atoms with E-state index in [1.165, 1.54) is 43.4 Å². The predicted octanol–water partition coefficient (Wildman–Crippen LogP) is 2.78. The monoisotopic (exact) mass is 427 g/mol. The van der Waals surface area contributed by atoms with Crippen LogP contribution in [0, 0.1) is 29.6 Å². The second kappa shape index (κ2) is 7.04. The Balaban J connectivity index is 1.17. The lowest BCUT2D eigenvalue weighted by molar-refractivity contribution is -0.150. The number of hydrogen-bond acceptors (Lipinski definition) is 4. The van der Waals surface area contributed by atoms with Gasteiger partial charge in [-0.2, -0.15) is 0 Å². The summed E-state index contributed by atoms with van der Waals surface area (Å²) in [5, 5.41) is 0. The van der Waals surface area contributed by atoms with E-state index in [4.69, 9.17) is 0 Å². The number of amides is 5. The molecule has 0 aromatic carbocycles. The summed E-state index contributed by atoms with van der Waals surface area (Å²) in [4.78, 5) is 56.2. The van der Waals surface area contributed by atoms with Gasteiger partial charge in [0.05, 0.1) is 5.54 Å². The van der Waals surface area contributed by atoms with E-state index in [1.54, 1.807) is 0 Å². The number of carbonyl (C=O) groups excluding carboxylic acids is 4. The molecule has 2 heterocycles. The average Bonchev–Trinajstić information content (AvgIpc) is 2.96. The second-order valence-electron chi connectivity index (χ2n) is 11.4. The van der Waals surface area contributed by atoms with Crippen molar-refractivity contribution >= 4 is 23.8 Å². The summed E-state index contributed by atoms with van der Waals surface area (Å²) in [6.45, 7) is 1.14. The van der Waals surface area contributed by atoms with Crippen molar-refractivity contribution in [1.82, 2.24) is 14.7 Å². The SMILES string of the molecule is O=C(CN1C(=O)C(=O)N(C23CC4CC(CC(C4)C2)C3)C1=O)N1CC[C@@H]2CCCC[C@H]2C1. The predicted molar refractivity (Wildman–Crippen MR) is 112 cm³/mol. The highest BCUT2D eigenvalue weighted by Crippen LogP contribution is 2.58. The van der Waals surface area contributed by atoms with Crippen molar-refractivity contribution < 1.29 is 19.2 Å². The first-order valence-electron chi connectivity index (χ1n) is 12.4. The van der Waals surface area contributed by atoms with E-state index in [0.29, 0.717) is 36.1 Å². The van der Waals surface area contributed by atoms with Gasteiger partial charge in [-0.15, -0.1) is 0 Å². The molecule has 0 aromatic heterocycles. The number of carbonyl (C=O) groups is 4. The highest BCUT2D eigenvalue weighted by molar-refractivity contribution is 6.45. The molecule has 31 heavy (non-hydrogen) atoms. The van der Waals surface area contributed by atoms with Crippen molar-refractivity contribution in [2.24, 2.45) is 29.6 Å². The standard InChI is InChI=1S/C24H33N3O4/c28-20(25-6-5-18-3-1-2-4-19(18)13-25)14-26-21(29)22(30)27(23(26)31)24-10-15-7-16(11-24)9-17(8-15)12-24/h15-19H,1-14H2/t15?,16?,17?,18-,19-,24?/m0/s1. The lowest BCUT2D eigenvalue weighted by Gasteiger charge is -2.58. The van der Waals surface area contributed by atoms with Gasteiger partial charge in [0.1, 0.15) is 6.54 Å². The third kappa shape index (κ3) is 3.05. The Kier molecular flexibility index (Phi) is 4.48. The molecule has 7 heteroatoms. The van der Waals surface area contributed by atoms with Gasteiger partial charge in [-0.05, 0) is 81.0 Å². The van der Waals surface area contributed by atoms with E-state index in [1.807, 2.05) is 4.90 Å². The van der Waals surface area contributed by atoms with Crippen LogP contribution in [0.5, 0.6) is 0 Å². The molecule has 4 bridgehead atoms. The summed E-state index contributed by atoms with van der Waals surface area (Å²) in [5.41, 5.74) is -0.489. The number of piperidine rings is 1. The maximum Gasteiger partial charge on any atom is 0.335 e. The number of likely N-dealkylation sites (tertiary alicyclic amines) is 1. The lowest BCUT2D eigenvalue weighted by atomic mass is 9.52. The first-order valence-corrected chi connectivity index (χ1v) is 12.4. The van der Waals surface area contributed by atoms with Gasteiger partial charge in [-0.25, -0.2) is 14.6 Å². The van der Waals surface area contributed by atoms with Crippen molar-refractivity contribution in [3.63, 3.8) is 0 Å². The molecule has 2 aliphatic heterocycles. The summed E-state index contributed by atoms with van der Waals surface area (Å²) in [6, 6.07) is -0.544. The first-order chi connectivity index (χ1) is 14.9. The molecule has 168 valence electrons. The molecule has 7 rings (SSSR count). The van der Waals surface area contributed by atoms with Crippen molar-refractivity contribution in [2.75, 3.05) is 19.6 Å². The van der Waals surface area contributed by atoms with Crippen LogP contribution in [0.15, 0.2) is 0 Å². The zero-order valence-corrected chi connectivity index (χ0v) is 18.3. The van der Waals surface area contributed by atoms with Crippen molar-refractivity contribution in [3.05, 3.63) is 0 Å². The third-order valence-corrected chi connectivity index (χ3v) is 9.47. The Bertz CT molecular complexity index is 803. The minimum atomic E-state index is -0.804. The Morgan fingerprint density at radius 1 is 0.839 bits per heavy atom. The number of urea groups is 1. The van der Waals surface area contributed by atoms with Gasteiger partial charge in [-0.3, -0.25) is 14.4 Å². The van der Waals surface area contributed by atoms with Gasteiger partial charge < -0.3 is 4.90 Å². The molecule has 0 aromatic rings. The van der Waals surface area contributed by atoms with Crippen LogP contribution in [0.4, 0.5) is 4.79 Å². The van der Waals surface area contributed by atoms with Crippen molar-refractivity contribution in [1.29, 1.82) is 0 Å². The largest absolute Gasteiger partial charge is 0.341 e. The molecule has 5 saturated carbocycles. The molecule has 7 fully saturated rings. The average molecular weight is 428 g/mol. The Morgan fingerprint density at radius 2 is 1.45 bits per heavy atom. The van der Waals surface area contributed by atoms with Crippen LogP contribution in [-0.2, 0) is 14.4 Å². The number of imide groups is 2. The van der Waals surface area contributed by atoms with Gasteiger partial charge >= 0.3 is 17.8 Å². The van der Waals surface area contributed by atoms with Crippen LogP contribution in [0.2, 0.25) is 0 Å². The van der Waals surface area contributed by atoms with Crippen LogP contribution < -0.4 is 0 Å². The van der Waals surface area contributed by atoms with Crippen molar-refractivity contribution in [2.45, 2.75) is 76.2 Å². The fourth-order valence-electron chi connectivity index (χ4n) is 8.46. The second-order valence-corrected chi connectivity index (χ2v) is 11.4. The van der Waals surface area contributed by atoms with E-state index in [-0.39, 0.29) is 12.5 Å². The number of fused-ring (bicyclic) bond motifs is 1. The quantitative estimate of drug-likeness (QED) is 0.513. The highest BCUT2D eigenvalue weighted by Gasteiger charge is 2.61. The van der Waals surface area contributed by atoms with E-state index < -0.39 is 23.4 Å². The number of nitrogens with zero attached hydrogens (tertiary/aromatic N) is 3. The minimum Gasteiger partial charge on any atom is -0.341 e. The molecule has 0 radical (unpaired) electrons. The number of rotatable bonds is 3. The van der Waals surface area contributed by atoms with Gasteiger partial charge in [0, 0.05) is 13.1 Å². The summed E-state index contributed by atoms with van der Waals surface area (Å²) in [7, 11) is 0. The molecule has 0 N–H and O–H groups in total. The van der Waals surface area contributed by atoms with E-state index in [2.05, 4.69) is 0 Å². The molecule has 7 nitrogen and oxygen atoms in total. The number of hydrogen-bond donors (Lipinski definition) is 0. The zero-order chi connectivity index (χ0) is 21.3. The van der Waals surface area contributed by atoms with E-state index in [9.17, 15) is 19.2 Å². The smallest absolute Gasteiger partial charge is 0.335 e. The van der Waals surface area contributed by atoms with Crippen LogP contribution in [0.25, 0.3) is 0 Å². The molecule has 5 amide bonds. The summed E-state index contributed by atoms with van der Waals surface area (Å²) < 4.78 is 0. The first kappa shape index (κ1) is 19.7. The zero-order valence-electron chi connectivity index (χ0n) is 18.3. The van der Waals surface area contributed by atoms with E-state index in [0.717, 1.165) is 43.5 Å². The normalized spacial score (nSPS) is 41.9. The molecular formula is C24H33N3O4. The van der Waals surface area contributed by atoms with Crippen LogP contribution in [-0.4, -0.2) is 63.6 Å². The molecule has 5 aliphatic carbocycles. The summed E-state index contributed by atoms with van der Waals surface area (Å²) in [6.07, 6.45) is 12.0. The third-order valence-electron chi connectivity index (χ3n) is 9.47. The van der Waals surface area contributed by atoms with Crippen LogP contribution in [0.1, 0.15) is 70.6 Å². The fraction of sp³-hybridized carbons (Fsp3) is 0.833. The molecule has 2 atom stereocenters. The van der Waals surface area contributed by atoms with E-state index >= 15 is 0 Å².